The van der Waals surface area contributed by atoms with Crippen molar-refractivity contribution in [3.8, 4) is 0 Å². The van der Waals surface area contributed by atoms with Gasteiger partial charge in [0.1, 0.15) is 6.54 Å². The maximum atomic E-state index is 12.0. The van der Waals surface area contributed by atoms with Gasteiger partial charge >= 0.3 is 0 Å². The predicted molar refractivity (Wildman–Crippen MR) is 82.6 cm³/mol. The van der Waals surface area contributed by atoms with Crippen LogP contribution in [-0.4, -0.2) is 27.4 Å². The Morgan fingerprint density at radius 3 is 2.90 bits per heavy atom. The lowest BCUT2D eigenvalue weighted by Gasteiger charge is -2.10. The van der Waals surface area contributed by atoms with Gasteiger partial charge in [0.05, 0.1) is 21.4 Å². The highest BCUT2D eigenvalue weighted by molar-refractivity contribution is 6.40. The van der Waals surface area contributed by atoms with Crippen LogP contribution >= 0.6 is 23.2 Å². The van der Waals surface area contributed by atoms with Crippen LogP contribution in [0.25, 0.3) is 0 Å². The van der Waals surface area contributed by atoms with Crippen LogP contribution in [-0.2, 0) is 17.8 Å². The van der Waals surface area contributed by atoms with Crippen molar-refractivity contribution in [2.24, 2.45) is 5.73 Å². The zero-order valence-corrected chi connectivity index (χ0v) is 12.9. The molecule has 1 aromatic heterocycles. The number of nitrogens with two attached hydrogens (primary N) is 1. The zero-order valence-electron chi connectivity index (χ0n) is 11.4. The van der Waals surface area contributed by atoms with Crippen LogP contribution in [0.5, 0.6) is 0 Å². The number of aromatic nitrogens is 3. The molecule has 2 rings (SSSR count). The number of anilines is 1. The number of nitrogens with one attached hydrogen (secondary N) is 1. The number of benzene rings is 1. The highest BCUT2D eigenvalue weighted by atomic mass is 35.5. The van der Waals surface area contributed by atoms with E-state index >= 15 is 0 Å². The van der Waals surface area contributed by atoms with E-state index in [0.29, 0.717) is 28.7 Å². The van der Waals surface area contributed by atoms with Crippen LogP contribution < -0.4 is 11.1 Å². The molecule has 0 unspecified atom stereocenters. The first kappa shape index (κ1) is 15.8. The van der Waals surface area contributed by atoms with Gasteiger partial charge < -0.3 is 11.1 Å². The summed E-state index contributed by atoms with van der Waals surface area (Å²) < 4.78 is 1.44. The average Bonchev–Trinajstić information content (AvgIpc) is 2.87. The van der Waals surface area contributed by atoms with Crippen molar-refractivity contribution < 1.29 is 4.79 Å². The first-order chi connectivity index (χ1) is 10.0. The van der Waals surface area contributed by atoms with E-state index in [1.165, 1.54) is 4.68 Å². The molecule has 0 atom stereocenters. The van der Waals surface area contributed by atoms with Gasteiger partial charge in [0, 0.05) is 12.6 Å². The highest BCUT2D eigenvalue weighted by Crippen LogP contribution is 2.32. The molecular formula is C13H15Cl2N5O. The third-order valence-electron chi connectivity index (χ3n) is 2.84. The van der Waals surface area contributed by atoms with Crippen molar-refractivity contribution in [1.29, 1.82) is 0 Å². The summed E-state index contributed by atoms with van der Waals surface area (Å²) in [4.78, 5) is 12.0. The van der Waals surface area contributed by atoms with E-state index in [4.69, 9.17) is 28.9 Å². The van der Waals surface area contributed by atoms with Crippen LogP contribution in [0.1, 0.15) is 11.3 Å². The lowest BCUT2D eigenvalue weighted by molar-refractivity contribution is -0.116. The minimum Gasteiger partial charge on any atom is -0.330 e. The maximum absolute atomic E-state index is 12.0. The number of hydrogen-bond donors (Lipinski definition) is 2. The van der Waals surface area contributed by atoms with Crippen molar-refractivity contribution in [3.05, 3.63) is 39.6 Å². The van der Waals surface area contributed by atoms with Crippen molar-refractivity contribution in [3.63, 3.8) is 0 Å². The molecular weight excluding hydrogens is 313 g/mol. The molecule has 0 aliphatic heterocycles. The second-order valence-electron chi connectivity index (χ2n) is 4.55. The summed E-state index contributed by atoms with van der Waals surface area (Å²) in [6, 6.07) is 3.48. The molecule has 0 saturated heterocycles. The number of halogens is 2. The number of carbonyl (C=O) groups is 1. The second-order valence-corrected chi connectivity index (χ2v) is 5.33. The van der Waals surface area contributed by atoms with E-state index < -0.39 is 0 Å². The molecule has 0 bridgehead atoms. The molecule has 6 nitrogen and oxygen atoms in total. The SMILES string of the molecule is Cc1ccc(Cl)c(NC(=O)Cn2cc(CCN)nn2)c1Cl. The van der Waals surface area contributed by atoms with Crippen LogP contribution in [0.3, 0.4) is 0 Å². The Kier molecular flexibility index (Phi) is 5.17. The van der Waals surface area contributed by atoms with Gasteiger partial charge in [-0.05, 0) is 25.1 Å². The highest BCUT2D eigenvalue weighted by Gasteiger charge is 2.13. The molecule has 0 radical (unpaired) electrons. The molecule has 0 aliphatic carbocycles. The molecule has 1 aromatic carbocycles. The Morgan fingerprint density at radius 2 is 2.19 bits per heavy atom. The number of rotatable bonds is 5. The quantitative estimate of drug-likeness (QED) is 0.879. The molecule has 0 aliphatic rings. The second kappa shape index (κ2) is 6.89. The van der Waals surface area contributed by atoms with E-state index in [0.717, 1.165) is 11.3 Å². The van der Waals surface area contributed by atoms with Gasteiger partial charge in [-0.2, -0.15) is 0 Å². The molecule has 0 spiro atoms. The first-order valence-electron chi connectivity index (χ1n) is 6.34. The molecule has 8 heteroatoms. The first-order valence-corrected chi connectivity index (χ1v) is 7.10. The Labute approximate surface area is 132 Å². The number of nitrogens with zero attached hydrogens (tertiary/aromatic N) is 3. The number of aryl methyl sites for hydroxylation is 1. The lowest BCUT2D eigenvalue weighted by Crippen LogP contribution is -2.19. The van der Waals surface area contributed by atoms with Crippen LogP contribution in [0.2, 0.25) is 10.0 Å². The monoisotopic (exact) mass is 327 g/mol. The molecule has 3 N–H and O–H groups in total. The lowest BCUT2D eigenvalue weighted by atomic mass is 10.2. The third-order valence-corrected chi connectivity index (χ3v) is 3.64. The molecule has 0 fully saturated rings. The Bertz CT molecular complexity index is 656. The van der Waals surface area contributed by atoms with Crippen LogP contribution in [0.4, 0.5) is 5.69 Å². The molecule has 0 saturated carbocycles. The Balaban J connectivity index is 2.06. The molecule has 1 heterocycles. The van der Waals surface area contributed by atoms with Gasteiger partial charge in [0.2, 0.25) is 5.91 Å². The summed E-state index contributed by atoms with van der Waals surface area (Å²) in [6.45, 7) is 2.35. The van der Waals surface area contributed by atoms with E-state index in [2.05, 4.69) is 15.6 Å². The fraction of sp³-hybridized carbons (Fsp3) is 0.308. The van der Waals surface area contributed by atoms with Gasteiger partial charge in [-0.15, -0.1) is 5.10 Å². The number of amides is 1. The van der Waals surface area contributed by atoms with Crippen molar-refractivity contribution >= 4 is 34.8 Å². The van der Waals surface area contributed by atoms with Crippen molar-refractivity contribution in [1.82, 2.24) is 15.0 Å². The van der Waals surface area contributed by atoms with Gasteiger partial charge in [-0.3, -0.25) is 4.79 Å². The fourth-order valence-electron chi connectivity index (χ4n) is 1.78. The summed E-state index contributed by atoms with van der Waals surface area (Å²) in [5.74, 6) is -0.284. The minimum atomic E-state index is -0.284. The van der Waals surface area contributed by atoms with Gasteiger partial charge in [-0.25, -0.2) is 4.68 Å². The normalized spacial score (nSPS) is 10.7. The number of carbonyl (C=O) groups excluding carboxylic acids is 1. The Morgan fingerprint density at radius 1 is 1.43 bits per heavy atom. The Hall–Kier alpha value is -1.63. The summed E-state index contributed by atoms with van der Waals surface area (Å²) >= 11 is 12.2. The standard InChI is InChI=1S/C13H15Cl2N5O/c1-8-2-3-10(14)13(12(8)15)17-11(21)7-20-6-9(4-5-16)18-19-20/h2-3,6H,4-5,7,16H2,1H3,(H,17,21). The van der Waals surface area contributed by atoms with Crippen LogP contribution in [0.15, 0.2) is 18.3 Å². The van der Waals surface area contributed by atoms with E-state index in [-0.39, 0.29) is 12.5 Å². The zero-order chi connectivity index (χ0) is 15.4. The molecule has 2 aromatic rings. The topological polar surface area (TPSA) is 85.8 Å². The summed E-state index contributed by atoms with van der Waals surface area (Å²) in [5.41, 5.74) is 7.43. The molecule has 1 amide bonds. The van der Waals surface area contributed by atoms with E-state index in [9.17, 15) is 4.79 Å². The third kappa shape index (κ3) is 3.93. The number of hydrogen-bond acceptors (Lipinski definition) is 4. The maximum Gasteiger partial charge on any atom is 0.246 e. The van der Waals surface area contributed by atoms with Gasteiger partial charge in [0.25, 0.3) is 0 Å². The predicted octanol–water partition coefficient (Wildman–Crippen LogP) is 2.03. The average molecular weight is 328 g/mol. The fourth-order valence-corrected chi connectivity index (χ4v) is 2.24. The molecule has 112 valence electrons. The largest absolute Gasteiger partial charge is 0.330 e. The van der Waals surface area contributed by atoms with Crippen LogP contribution in [0, 0.1) is 6.92 Å². The van der Waals surface area contributed by atoms with Crippen molar-refractivity contribution in [2.75, 3.05) is 11.9 Å². The smallest absolute Gasteiger partial charge is 0.246 e. The van der Waals surface area contributed by atoms with E-state index in [1.54, 1.807) is 18.3 Å². The summed E-state index contributed by atoms with van der Waals surface area (Å²) in [6.07, 6.45) is 2.31. The molecule has 21 heavy (non-hydrogen) atoms. The minimum absolute atomic E-state index is 0.0260. The van der Waals surface area contributed by atoms with E-state index in [1.807, 2.05) is 6.92 Å². The summed E-state index contributed by atoms with van der Waals surface area (Å²) in [5, 5.41) is 11.3. The van der Waals surface area contributed by atoms with Gasteiger partial charge in [0.15, 0.2) is 0 Å². The summed E-state index contributed by atoms with van der Waals surface area (Å²) in [7, 11) is 0. The van der Waals surface area contributed by atoms with Crippen molar-refractivity contribution in [2.45, 2.75) is 19.9 Å². The van der Waals surface area contributed by atoms with Gasteiger partial charge in [-0.1, -0.05) is 34.5 Å².